The lowest BCUT2D eigenvalue weighted by molar-refractivity contribution is 0.354. The van der Waals surface area contributed by atoms with Crippen molar-refractivity contribution in [2.24, 2.45) is 17.6 Å². The van der Waals surface area contributed by atoms with Crippen molar-refractivity contribution in [2.75, 3.05) is 6.54 Å². The van der Waals surface area contributed by atoms with Gasteiger partial charge in [0.15, 0.2) is 0 Å². The summed E-state index contributed by atoms with van der Waals surface area (Å²) in [6.45, 7) is 5.30. The quantitative estimate of drug-likeness (QED) is 0.869. The standard InChI is InChI=1S/C13H20BrN/c1-3-10(2)12(9-15)8-11-4-6-13(14)7-5-11/h4-7,10,12H,3,8-9,15H2,1-2H3. The number of rotatable bonds is 5. The lowest BCUT2D eigenvalue weighted by Gasteiger charge is -2.21. The van der Waals surface area contributed by atoms with Gasteiger partial charge in [0.1, 0.15) is 0 Å². The van der Waals surface area contributed by atoms with Gasteiger partial charge in [0.25, 0.3) is 0 Å². The molecule has 0 aliphatic heterocycles. The summed E-state index contributed by atoms with van der Waals surface area (Å²) in [6.07, 6.45) is 2.30. The zero-order chi connectivity index (χ0) is 11.3. The Morgan fingerprint density at radius 3 is 2.33 bits per heavy atom. The van der Waals surface area contributed by atoms with E-state index in [2.05, 4.69) is 54.0 Å². The van der Waals surface area contributed by atoms with Crippen molar-refractivity contribution in [1.29, 1.82) is 0 Å². The molecular weight excluding hydrogens is 250 g/mol. The summed E-state index contributed by atoms with van der Waals surface area (Å²) < 4.78 is 1.14. The van der Waals surface area contributed by atoms with Crippen LogP contribution in [0.5, 0.6) is 0 Å². The van der Waals surface area contributed by atoms with Crippen LogP contribution in [-0.4, -0.2) is 6.54 Å². The van der Waals surface area contributed by atoms with E-state index in [1.165, 1.54) is 12.0 Å². The van der Waals surface area contributed by atoms with E-state index >= 15 is 0 Å². The monoisotopic (exact) mass is 269 g/mol. The van der Waals surface area contributed by atoms with E-state index in [0.717, 1.165) is 17.4 Å². The average molecular weight is 270 g/mol. The second kappa shape index (κ2) is 6.29. The molecule has 0 saturated carbocycles. The summed E-state index contributed by atoms with van der Waals surface area (Å²) in [5.74, 6) is 1.31. The number of hydrogen-bond acceptors (Lipinski definition) is 1. The van der Waals surface area contributed by atoms with Crippen LogP contribution < -0.4 is 5.73 Å². The van der Waals surface area contributed by atoms with Crippen molar-refractivity contribution in [2.45, 2.75) is 26.7 Å². The van der Waals surface area contributed by atoms with E-state index in [4.69, 9.17) is 5.73 Å². The highest BCUT2D eigenvalue weighted by Gasteiger charge is 2.14. The van der Waals surface area contributed by atoms with E-state index in [9.17, 15) is 0 Å². The Morgan fingerprint density at radius 1 is 1.27 bits per heavy atom. The molecule has 2 heteroatoms. The van der Waals surface area contributed by atoms with Gasteiger partial charge < -0.3 is 5.73 Å². The molecule has 0 bridgehead atoms. The Bertz CT molecular complexity index is 281. The maximum atomic E-state index is 5.82. The average Bonchev–Trinajstić information content (AvgIpc) is 2.27. The molecule has 0 radical (unpaired) electrons. The summed E-state index contributed by atoms with van der Waals surface area (Å²) in [7, 11) is 0. The molecular formula is C13H20BrN. The molecule has 0 fully saturated rings. The van der Waals surface area contributed by atoms with Crippen LogP contribution >= 0.6 is 15.9 Å². The molecule has 0 aliphatic carbocycles. The minimum atomic E-state index is 0.608. The molecule has 0 spiro atoms. The van der Waals surface area contributed by atoms with Crippen LogP contribution in [0.2, 0.25) is 0 Å². The molecule has 1 aromatic rings. The van der Waals surface area contributed by atoms with Gasteiger partial charge in [-0.3, -0.25) is 0 Å². The first-order chi connectivity index (χ1) is 7.17. The van der Waals surface area contributed by atoms with Gasteiger partial charge in [-0.2, -0.15) is 0 Å². The predicted octanol–water partition coefficient (Wildman–Crippen LogP) is 3.61. The Hall–Kier alpha value is -0.340. The normalized spacial score (nSPS) is 14.9. The number of nitrogens with two attached hydrogens (primary N) is 1. The molecule has 0 heterocycles. The minimum absolute atomic E-state index is 0.608. The van der Waals surface area contributed by atoms with Gasteiger partial charge in [0.05, 0.1) is 0 Å². The van der Waals surface area contributed by atoms with Crippen LogP contribution in [0.3, 0.4) is 0 Å². The summed E-state index contributed by atoms with van der Waals surface area (Å²) in [6, 6.07) is 8.54. The lowest BCUT2D eigenvalue weighted by Crippen LogP contribution is -2.23. The second-order valence-electron chi connectivity index (χ2n) is 4.21. The lowest BCUT2D eigenvalue weighted by atomic mass is 9.86. The van der Waals surface area contributed by atoms with E-state index in [1.54, 1.807) is 0 Å². The molecule has 2 N–H and O–H groups in total. The first-order valence-electron chi connectivity index (χ1n) is 5.61. The third-order valence-corrected chi connectivity index (χ3v) is 3.69. The molecule has 0 saturated heterocycles. The van der Waals surface area contributed by atoms with Gasteiger partial charge in [0, 0.05) is 4.47 Å². The topological polar surface area (TPSA) is 26.0 Å². The maximum absolute atomic E-state index is 5.82. The fourth-order valence-electron chi connectivity index (χ4n) is 1.77. The van der Waals surface area contributed by atoms with Crippen LogP contribution in [0, 0.1) is 11.8 Å². The van der Waals surface area contributed by atoms with Gasteiger partial charge in [-0.05, 0) is 42.5 Å². The molecule has 0 aromatic heterocycles. The van der Waals surface area contributed by atoms with Crippen LogP contribution in [0.15, 0.2) is 28.7 Å². The fourth-order valence-corrected chi connectivity index (χ4v) is 2.04. The van der Waals surface area contributed by atoms with Gasteiger partial charge in [-0.1, -0.05) is 48.3 Å². The highest BCUT2D eigenvalue weighted by molar-refractivity contribution is 9.10. The van der Waals surface area contributed by atoms with Crippen LogP contribution in [0.1, 0.15) is 25.8 Å². The summed E-state index contributed by atoms with van der Waals surface area (Å²) in [5, 5.41) is 0. The Labute approximate surface area is 101 Å². The summed E-state index contributed by atoms with van der Waals surface area (Å²) in [5.41, 5.74) is 7.20. The second-order valence-corrected chi connectivity index (χ2v) is 5.13. The Balaban J connectivity index is 2.62. The molecule has 0 aliphatic rings. The maximum Gasteiger partial charge on any atom is 0.0175 e. The third kappa shape index (κ3) is 3.96. The van der Waals surface area contributed by atoms with Crippen molar-refractivity contribution in [3.63, 3.8) is 0 Å². The number of hydrogen-bond donors (Lipinski definition) is 1. The molecule has 84 valence electrons. The Kier molecular flexibility index (Phi) is 5.34. The summed E-state index contributed by atoms with van der Waals surface area (Å²) >= 11 is 3.45. The molecule has 0 amide bonds. The smallest absolute Gasteiger partial charge is 0.0175 e. The highest BCUT2D eigenvalue weighted by Crippen LogP contribution is 2.20. The first-order valence-corrected chi connectivity index (χ1v) is 6.41. The van der Waals surface area contributed by atoms with E-state index in [-0.39, 0.29) is 0 Å². The fraction of sp³-hybridized carbons (Fsp3) is 0.538. The van der Waals surface area contributed by atoms with Gasteiger partial charge >= 0.3 is 0 Å². The van der Waals surface area contributed by atoms with Gasteiger partial charge in [0.2, 0.25) is 0 Å². The van der Waals surface area contributed by atoms with Crippen molar-refractivity contribution in [1.82, 2.24) is 0 Å². The Morgan fingerprint density at radius 2 is 1.87 bits per heavy atom. The zero-order valence-electron chi connectivity index (χ0n) is 9.54. The van der Waals surface area contributed by atoms with E-state index in [0.29, 0.717) is 11.8 Å². The van der Waals surface area contributed by atoms with Gasteiger partial charge in [-0.25, -0.2) is 0 Å². The highest BCUT2D eigenvalue weighted by atomic mass is 79.9. The van der Waals surface area contributed by atoms with Crippen LogP contribution in [0.25, 0.3) is 0 Å². The first kappa shape index (κ1) is 12.7. The SMILES string of the molecule is CCC(C)C(CN)Cc1ccc(Br)cc1. The minimum Gasteiger partial charge on any atom is -0.330 e. The van der Waals surface area contributed by atoms with Crippen molar-refractivity contribution in [3.05, 3.63) is 34.3 Å². The van der Waals surface area contributed by atoms with Crippen LogP contribution in [-0.2, 0) is 6.42 Å². The van der Waals surface area contributed by atoms with Crippen molar-refractivity contribution < 1.29 is 0 Å². The van der Waals surface area contributed by atoms with E-state index < -0.39 is 0 Å². The molecule has 1 rings (SSSR count). The molecule has 2 atom stereocenters. The molecule has 1 aromatic carbocycles. The number of halogens is 1. The molecule has 15 heavy (non-hydrogen) atoms. The van der Waals surface area contributed by atoms with Gasteiger partial charge in [-0.15, -0.1) is 0 Å². The number of benzene rings is 1. The van der Waals surface area contributed by atoms with Crippen molar-refractivity contribution in [3.8, 4) is 0 Å². The van der Waals surface area contributed by atoms with Crippen molar-refractivity contribution >= 4 is 15.9 Å². The zero-order valence-corrected chi connectivity index (χ0v) is 11.1. The third-order valence-electron chi connectivity index (χ3n) is 3.16. The molecule has 1 nitrogen and oxygen atoms in total. The molecule has 2 unspecified atom stereocenters. The van der Waals surface area contributed by atoms with E-state index in [1.807, 2.05) is 0 Å². The summed E-state index contributed by atoms with van der Waals surface area (Å²) in [4.78, 5) is 0. The largest absolute Gasteiger partial charge is 0.330 e. The predicted molar refractivity (Wildman–Crippen MR) is 69.8 cm³/mol. The van der Waals surface area contributed by atoms with Crippen LogP contribution in [0.4, 0.5) is 0 Å².